The normalized spacial score (nSPS) is 17.3. The lowest BCUT2D eigenvalue weighted by Crippen LogP contribution is -2.48. The van der Waals surface area contributed by atoms with Crippen LogP contribution in [0.2, 0.25) is 0 Å². The first-order valence-electron chi connectivity index (χ1n) is 9.08. The molecule has 0 aromatic heterocycles. The van der Waals surface area contributed by atoms with Crippen LogP contribution in [0.25, 0.3) is 0 Å². The summed E-state index contributed by atoms with van der Waals surface area (Å²) in [6, 6.07) is 9.81. The lowest BCUT2D eigenvalue weighted by molar-refractivity contribution is -0.127. The molecule has 0 bridgehead atoms. The zero-order chi connectivity index (χ0) is 18.2. The van der Waals surface area contributed by atoms with Crippen LogP contribution in [-0.2, 0) is 9.59 Å². The van der Waals surface area contributed by atoms with Crippen molar-refractivity contribution in [3.8, 4) is 0 Å². The zero-order valence-corrected chi connectivity index (χ0v) is 15.2. The number of likely N-dealkylation sites (tertiary alicyclic amines) is 1. The van der Waals surface area contributed by atoms with Crippen LogP contribution < -0.4 is 16.4 Å². The smallest absolute Gasteiger partial charge is 0.239 e. The van der Waals surface area contributed by atoms with Gasteiger partial charge in [-0.2, -0.15) is 0 Å². The minimum atomic E-state index is -0.588. The van der Waals surface area contributed by atoms with E-state index < -0.39 is 6.04 Å². The molecule has 0 radical (unpaired) electrons. The molecule has 0 saturated carbocycles. The quantitative estimate of drug-likeness (QED) is 0.656. The summed E-state index contributed by atoms with van der Waals surface area (Å²) in [6.45, 7) is 6.36. The largest absolute Gasteiger partial charge is 0.353 e. The molecule has 1 unspecified atom stereocenters. The molecule has 1 heterocycles. The summed E-state index contributed by atoms with van der Waals surface area (Å²) < 4.78 is 0. The van der Waals surface area contributed by atoms with E-state index in [0.29, 0.717) is 6.54 Å². The molecule has 25 heavy (non-hydrogen) atoms. The lowest BCUT2D eigenvalue weighted by atomic mass is 10.1. The second-order valence-electron chi connectivity index (χ2n) is 6.96. The van der Waals surface area contributed by atoms with E-state index in [0.717, 1.165) is 13.1 Å². The Hall–Kier alpha value is -1.92. The van der Waals surface area contributed by atoms with Crippen molar-refractivity contribution < 1.29 is 9.59 Å². The van der Waals surface area contributed by atoms with Gasteiger partial charge in [0.2, 0.25) is 11.8 Å². The first-order chi connectivity index (χ1) is 12.0. The van der Waals surface area contributed by atoms with Crippen molar-refractivity contribution in [2.24, 2.45) is 11.7 Å². The fraction of sp³-hybridized carbons (Fsp3) is 0.579. The SMILES string of the molecule is CC(C)[C@H](N)C(=O)NCC(=O)NCC(c1ccccc1)N1CCCC1. The van der Waals surface area contributed by atoms with E-state index in [1.165, 1.54) is 18.4 Å². The highest BCUT2D eigenvalue weighted by Crippen LogP contribution is 2.24. The maximum absolute atomic E-state index is 12.1. The van der Waals surface area contributed by atoms with E-state index in [4.69, 9.17) is 5.73 Å². The number of nitrogens with two attached hydrogens (primary N) is 1. The predicted molar refractivity (Wildman–Crippen MR) is 98.8 cm³/mol. The maximum atomic E-state index is 12.1. The first-order valence-corrected chi connectivity index (χ1v) is 9.08. The third kappa shape index (κ3) is 5.83. The van der Waals surface area contributed by atoms with Crippen molar-refractivity contribution in [2.45, 2.75) is 38.8 Å². The summed E-state index contributed by atoms with van der Waals surface area (Å²) in [6.07, 6.45) is 2.39. The fourth-order valence-electron chi connectivity index (χ4n) is 3.05. The van der Waals surface area contributed by atoms with E-state index in [2.05, 4.69) is 27.7 Å². The van der Waals surface area contributed by atoms with Gasteiger partial charge >= 0.3 is 0 Å². The predicted octanol–water partition coefficient (Wildman–Crippen LogP) is 1.04. The van der Waals surface area contributed by atoms with Crippen molar-refractivity contribution in [1.82, 2.24) is 15.5 Å². The third-order valence-corrected chi connectivity index (χ3v) is 4.70. The number of amides is 2. The Kier molecular flexibility index (Phi) is 7.40. The molecule has 2 rings (SSSR count). The van der Waals surface area contributed by atoms with E-state index in [-0.39, 0.29) is 30.3 Å². The molecular weight excluding hydrogens is 316 g/mol. The van der Waals surface area contributed by atoms with Gasteiger partial charge in [0.1, 0.15) is 0 Å². The second kappa shape index (κ2) is 9.53. The van der Waals surface area contributed by atoms with Gasteiger partial charge in [0.15, 0.2) is 0 Å². The van der Waals surface area contributed by atoms with Crippen LogP contribution in [0.15, 0.2) is 30.3 Å². The molecule has 6 nitrogen and oxygen atoms in total. The van der Waals surface area contributed by atoms with Crippen LogP contribution in [0.5, 0.6) is 0 Å². The number of nitrogens with zero attached hydrogens (tertiary/aromatic N) is 1. The van der Waals surface area contributed by atoms with Crippen molar-refractivity contribution in [1.29, 1.82) is 0 Å². The minimum absolute atomic E-state index is 0.0409. The molecule has 0 spiro atoms. The summed E-state index contributed by atoms with van der Waals surface area (Å²) in [5, 5.41) is 5.55. The van der Waals surface area contributed by atoms with Gasteiger partial charge in [-0.25, -0.2) is 0 Å². The number of benzene rings is 1. The average molecular weight is 346 g/mol. The average Bonchev–Trinajstić information content (AvgIpc) is 3.14. The van der Waals surface area contributed by atoms with Crippen molar-refractivity contribution in [3.05, 3.63) is 35.9 Å². The van der Waals surface area contributed by atoms with Crippen LogP contribution >= 0.6 is 0 Å². The molecule has 2 atom stereocenters. The molecule has 1 aliphatic heterocycles. The van der Waals surface area contributed by atoms with E-state index in [1.807, 2.05) is 32.0 Å². The van der Waals surface area contributed by atoms with E-state index in [9.17, 15) is 9.59 Å². The number of rotatable bonds is 8. The number of carbonyl (C=O) groups is 2. The zero-order valence-electron chi connectivity index (χ0n) is 15.2. The molecule has 138 valence electrons. The minimum Gasteiger partial charge on any atom is -0.353 e. The molecule has 1 fully saturated rings. The van der Waals surface area contributed by atoms with Crippen molar-refractivity contribution in [3.63, 3.8) is 0 Å². The van der Waals surface area contributed by atoms with Gasteiger partial charge in [-0.1, -0.05) is 44.2 Å². The van der Waals surface area contributed by atoms with Crippen LogP contribution in [0.3, 0.4) is 0 Å². The Morgan fingerprint density at radius 3 is 2.36 bits per heavy atom. The molecular formula is C19H30N4O2. The topological polar surface area (TPSA) is 87.5 Å². The van der Waals surface area contributed by atoms with Gasteiger partial charge in [-0.3, -0.25) is 14.5 Å². The van der Waals surface area contributed by atoms with E-state index in [1.54, 1.807) is 0 Å². The molecule has 6 heteroatoms. The van der Waals surface area contributed by atoms with Gasteiger partial charge in [0, 0.05) is 6.54 Å². The number of hydrogen-bond donors (Lipinski definition) is 3. The summed E-state index contributed by atoms with van der Waals surface area (Å²) in [7, 11) is 0. The van der Waals surface area contributed by atoms with Gasteiger partial charge in [0.25, 0.3) is 0 Å². The summed E-state index contributed by atoms with van der Waals surface area (Å²) in [4.78, 5) is 26.3. The van der Waals surface area contributed by atoms with Crippen LogP contribution in [0.1, 0.15) is 38.3 Å². The van der Waals surface area contributed by atoms with Gasteiger partial charge in [0.05, 0.1) is 18.6 Å². The van der Waals surface area contributed by atoms with E-state index >= 15 is 0 Å². The Labute approximate surface area is 150 Å². The van der Waals surface area contributed by atoms with Gasteiger partial charge in [-0.05, 0) is 37.4 Å². The summed E-state index contributed by atoms with van der Waals surface area (Å²) in [5.41, 5.74) is 6.98. The van der Waals surface area contributed by atoms with Crippen LogP contribution in [0.4, 0.5) is 0 Å². The Morgan fingerprint density at radius 1 is 1.12 bits per heavy atom. The highest BCUT2D eigenvalue weighted by molar-refractivity contribution is 5.87. The molecule has 1 aliphatic rings. The number of hydrogen-bond acceptors (Lipinski definition) is 4. The monoisotopic (exact) mass is 346 g/mol. The Balaban J connectivity index is 1.85. The summed E-state index contributed by atoms with van der Waals surface area (Å²) in [5.74, 6) is -0.436. The van der Waals surface area contributed by atoms with Crippen molar-refractivity contribution >= 4 is 11.8 Å². The highest BCUT2D eigenvalue weighted by atomic mass is 16.2. The molecule has 4 N–H and O–H groups in total. The first kappa shape index (κ1) is 19.4. The Bertz CT molecular complexity index is 556. The fourth-order valence-corrected chi connectivity index (χ4v) is 3.05. The molecule has 1 aromatic carbocycles. The van der Waals surface area contributed by atoms with Gasteiger partial charge in [-0.15, -0.1) is 0 Å². The number of nitrogens with one attached hydrogen (secondary N) is 2. The molecule has 1 saturated heterocycles. The molecule has 2 amide bonds. The van der Waals surface area contributed by atoms with Crippen LogP contribution in [-0.4, -0.2) is 48.9 Å². The Morgan fingerprint density at radius 2 is 1.76 bits per heavy atom. The van der Waals surface area contributed by atoms with Gasteiger partial charge < -0.3 is 16.4 Å². The van der Waals surface area contributed by atoms with Crippen LogP contribution in [0, 0.1) is 5.92 Å². The third-order valence-electron chi connectivity index (χ3n) is 4.70. The molecule has 0 aliphatic carbocycles. The highest BCUT2D eigenvalue weighted by Gasteiger charge is 2.24. The van der Waals surface area contributed by atoms with Crippen molar-refractivity contribution in [2.75, 3.05) is 26.2 Å². The second-order valence-corrected chi connectivity index (χ2v) is 6.96. The maximum Gasteiger partial charge on any atom is 0.239 e. The lowest BCUT2D eigenvalue weighted by Gasteiger charge is -2.28. The number of carbonyl (C=O) groups excluding carboxylic acids is 2. The standard InChI is InChI=1S/C19H30N4O2/c1-14(2)18(20)19(25)22-13-17(24)21-12-16(23-10-6-7-11-23)15-8-4-3-5-9-15/h3-5,8-9,14,16,18H,6-7,10-13,20H2,1-2H3,(H,21,24)(H,22,25)/t16?,18-/m0/s1. The molecule has 1 aromatic rings. The summed E-state index contributed by atoms with van der Waals surface area (Å²) >= 11 is 0.